The molecule has 1 aliphatic heterocycles. The van der Waals surface area contributed by atoms with Crippen molar-refractivity contribution in [1.82, 2.24) is 0 Å². The highest BCUT2D eigenvalue weighted by molar-refractivity contribution is 9.10. The zero-order valence-electron chi connectivity index (χ0n) is 16.0. The van der Waals surface area contributed by atoms with Crippen LogP contribution in [-0.4, -0.2) is 18.3 Å². The van der Waals surface area contributed by atoms with Crippen LogP contribution < -0.4 is 9.47 Å². The molecule has 1 aromatic heterocycles. The number of hydrogen-bond acceptors (Lipinski definition) is 3. The number of thioether (sulfide) groups is 1. The van der Waals surface area contributed by atoms with E-state index in [0.29, 0.717) is 11.6 Å². The summed E-state index contributed by atoms with van der Waals surface area (Å²) in [6, 6.07) is 14.4. The van der Waals surface area contributed by atoms with Gasteiger partial charge in [0.2, 0.25) is 5.52 Å². The summed E-state index contributed by atoms with van der Waals surface area (Å²) >= 11 is 11.4. The Kier molecular flexibility index (Phi) is 6.30. The summed E-state index contributed by atoms with van der Waals surface area (Å²) in [4.78, 5) is 3.27. The van der Waals surface area contributed by atoms with Crippen LogP contribution in [0.15, 0.2) is 75.2 Å². The average molecular weight is 489 g/mol. The lowest BCUT2D eigenvalue weighted by molar-refractivity contribution is -0.667. The Bertz CT molecular complexity index is 1130. The Morgan fingerprint density at radius 3 is 2.86 bits per heavy atom. The van der Waals surface area contributed by atoms with Crippen LogP contribution in [0.25, 0.3) is 17.0 Å². The van der Waals surface area contributed by atoms with Crippen molar-refractivity contribution in [2.45, 2.75) is 18.4 Å². The van der Waals surface area contributed by atoms with E-state index >= 15 is 0 Å². The Hall–Kier alpha value is -1.79. The third kappa shape index (κ3) is 4.24. The van der Waals surface area contributed by atoms with E-state index in [0.717, 1.165) is 26.6 Å². The maximum atomic E-state index is 9.50. The molecule has 0 atom stereocenters. The van der Waals surface area contributed by atoms with E-state index in [2.05, 4.69) is 81.0 Å². The van der Waals surface area contributed by atoms with Gasteiger partial charge < -0.3 is 10.0 Å². The van der Waals surface area contributed by atoms with Gasteiger partial charge in [-0.1, -0.05) is 51.4 Å². The van der Waals surface area contributed by atoms with Crippen molar-refractivity contribution in [3.05, 3.63) is 80.9 Å². The number of pyridine rings is 1. The fraction of sp³-hybridized carbons (Fsp3) is 0.174. The highest BCUT2D eigenvalue weighted by Gasteiger charge is 2.24. The molecular formula is C23H21BrClN2OS+. The predicted octanol–water partition coefficient (Wildman–Crippen LogP) is 6.02. The van der Waals surface area contributed by atoms with Gasteiger partial charge in [0.05, 0.1) is 22.7 Å². The summed E-state index contributed by atoms with van der Waals surface area (Å²) in [5.74, 6) is 0. The van der Waals surface area contributed by atoms with Crippen LogP contribution in [0.5, 0.6) is 0 Å². The summed E-state index contributed by atoms with van der Waals surface area (Å²) in [5, 5.41) is 12.5. The van der Waals surface area contributed by atoms with Gasteiger partial charge in [-0.05, 0) is 48.9 Å². The monoisotopic (exact) mass is 487 g/mol. The van der Waals surface area contributed by atoms with Crippen molar-refractivity contribution >= 4 is 62.0 Å². The molecule has 3 nitrogen and oxygen atoms in total. The molecule has 148 valence electrons. The molecule has 0 saturated heterocycles. The molecule has 0 radical (unpaired) electrons. The van der Waals surface area contributed by atoms with E-state index < -0.39 is 0 Å². The number of fused-ring (bicyclic) bond motifs is 2. The quantitative estimate of drug-likeness (QED) is 0.445. The first-order valence-corrected chi connectivity index (χ1v) is 11.5. The minimum absolute atomic E-state index is 0.0861. The van der Waals surface area contributed by atoms with Crippen molar-refractivity contribution in [3.8, 4) is 0 Å². The van der Waals surface area contributed by atoms with E-state index in [4.69, 9.17) is 11.6 Å². The number of aromatic nitrogens is 1. The minimum Gasteiger partial charge on any atom is -0.395 e. The normalized spacial score (nSPS) is 15.0. The number of benzene rings is 2. The average Bonchev–Trinajstić information content (AvgIpc) is 3.05. The molecule has 1 N–H and O–H groups in total. The third-order valence-electron chi connectivity index (χ3n) is 4.89. The van der Waals surface area contributed by atoms with Gasteiger partial charge in [-0.15, -0.1) is 0 Å². The number of nitrogens with zero attached hydrogens (tertiary/aromatic N) is 2. The van der Waals surface area contributed by atoms with Gasteiger partial charge >= 0.3 is 0 Å². The number of anilines is 1. The highest BCUT2D eigenvalue weighted by Crippen LogP contribution is 2.46. The van der Waals surface area contributed by atoms with Crippen LogP contribution in [0.2, 0.25) is 5.02 Å². The molecule has 4 rings (SSSR count). The summed E-state index contributed by atoms with van der Waals surface area (Å²) in [6.45, 7) is 3.70. The fourth-order valence-corrected chi connectivity index (χ4v) is 5.11. The number of aliphatic hydroxyl groups is 1. The van der Waals surface area contributed by atoms with Crippen LogP contribution in [0.3, 0.4) is 0 Å². The molecule has 1 aliphatic rings. The SMILES string of the molecule is CC[n+]1ccc(/C=C/C=C2\Sc3ccc(Cl)cc3N2CCO)c2ccc(Br)cc21. The van der Waals surface area contributed by atoms with Gasteiger partial charge in [-0.3, -0.25) is 0 Å². The van der Waals surface area contributed by atoms with Crippen molar-refractivity contribution in [3.63, 3.8) is 0 Å². The summed E-state index contributed by atoms with van der Waals surface area (Å²) in [7, 11) is 0. The second-order valence-corrected chi connectivity index (χ2v) is 9.09. The lowest BCUT2D eigenvalue weighted by Gasteiger charge is -2.18. The summed E-state index contributed by atoms with van der Waals surface area (Å²) in [5.41, 5.74) is 3.43. The zero-order valence-corrected chi connectivity index (χ0v) is 19.1. The zero-order chi connectivity index (χ0) is 20.4. The number of aliphatic hydroxyl groups excluding tert-OH is 1. The van der Waals surface area contributed by atoms with Crippen molar-refractivity contribution in [2.75, 3.05) is 18.1 Å². The number of hydrogen-bond donors (Lipinski definition) is 1. The molecule has 0 aliphatic carbocycles. The second-order valence-electron chi connectivity index (χ2n) is 6.67. The molecule has 2 heterocycles. The minimum atomic E-state index is 0.0861. The first-order valence-electron chi connectivity index (χ1n) is 9.46. The Labute approximate surface area is 188 Å². The molecular weight excluding hydrogens is 468 g/mol. The molecule has 0 unspecified atom stereocenters. The smallest absolute Gasteiger partial charge is 0.214 e. The van der Waals surface area contributed by atoms with Gasteiger partial charge in [0.1, 0.15) is 6.54 Å². The van der Waals surface area contributed by atoms with Gasteiger partial charge in [-0.25, -0.2) is 0 Å². The molecule has 3 aromatic rings. The van der Waals surface area contributed by atoms with Crippen LogP contribution in [0.1, 0.15) is 12.5 Å². The molecule has 2 aromatic carbocycles. The van der Waals surface area contributed by atoms with E-state index in [1.54, 1.807) is 11.8 Å². The number of β-amino-alcohol motifs (C(OH)–C–C–N with tert-alkyl or cyclic N) is 1. The van der Waals surface area contributed by atoms with Gasteiger partial charge in [-0.2, -0.15) is 4.57 Å². The van der Waals surface area contributed by atoms with E-state index in [1.807, 2.05) is 18.2 Å². The van der Waals surface area contributed by atoms with Crippen LogP contribution >= 0.6 is 39.3 Å². The first-order chi connectivity index (χ1) is 14.1. The molecule has 6 heteroatoms. The molecule has 29 heavy (non-hydrogen) atoms. The number of allylic oxidation sites excluding steroid dienone is 2. The molecule has 0 bridgehead atoms. The van der Waals surface area contributed by atoms with E-state index in [-0.39, 0.29) is 6.61 Å². The first kappa shape index (κ1) is 20.5. The lowest BCUT2D eigenvalue weighted by Crippen LogP contribution is -2.32. The fourth-order valence-electron chi connectivity index (χ4n) is 3.51. The van der Waals surface area contributed by atoms with Crippen LogP contribution in [0.4, 0.5) is 5.69 Å². The van der Waals surface area contributed by atoms with Crippen molar-refractivity contribution in [1.29, 1.82) is 0 Å². The van der Waals surface area contributed by atoms with Gasteiger partial charge in [0.25, 0.3) is 0 Å². The molecule has 0 amide bonds. The topological polar surface area (TPSA) is 27.4 Å². The van der Waals surface area contributed by atoms with Crippen LogP contribution in [-0.2, 0) is 6.54 Å². The van der Waals surface area contributed by atoms with Crippen LogP contribution in [0, 0.1) is 0 Å². The maximum absolute atomic E-state index is 9.50. The van der Waals surface area contributed by atoms with Crippen molar-refractivity contribution < 1.29 is 9.67 Å². The number of halogens is 2. The molecule has 0 fully saturated rings. The summed E-state index contributed by atoms with van der Waals surface area (Å²) in [6.07, 6.45) is 8.44. The highest BCUT2D eigenvalue weighted by atomic mass is 79.9. The molecule has 0 saturated carbocycles. The lowest BCUT2D eigenvalue weighted by atomic mass is 10.1. The van der Waals surface area contributed by atoms with Gasteiger partial charge in [0, 0.05) is 33.1 Å². The number of rotatable bonds is 5. The molecule has 0 spiro atoms. The Morgan fingerprint density at radius 1 is 1.21 bits per heavy atom. The van der Waals surface area contributed by atoms with Crippen molar-refractivity contribution in [2.24, 2.45) is 0 Å². The van der Waals surface area contributed by atoms with Gasteiger partial charge in [0.15, 0.2) is 6.20 Å². The second kappa shape index (κ2) is 8.92. The Balaban J connectivity index is 1.67. The summed E-state index contributed by atoms with van der Waals surface area (Å²) < 4.78 is 3.32. The standard InChI is InChI=1S/C23H21BrClN2OS/c1-2-26-11-10-16(19-8-6-17(24)14-20(19)26)4-3-5-23-27(12-13-28)21-15-18(25)7-9-22(21)29-23/h3-11,14-15,28H,2,12-13H2,1H3/q+1. The van der Waals surface area contributed by atoms with E-state index in [9.17, 15) is 5.11 Å². The number of aryl methyl sites for hydroxylation is 1. The van der Waals surface area contributed by atoms with E-state index in [1.165, 1.54) is 16.5 Å². The Morgan fingerprint density at radius 2 is 2.07 bits per heavy atom. The third-order valence-corrected chi connectivity index (χ3v) is 6.74. The predicted molar refractivity (Wildman–Crippen MR) is 126 cm³/mol. The maximum Gasteiger partial charge on any atom is 0.214 e. The largest absolute Gasteiger partial charge is 0.395 e.